The number of nitrogens with two attached hydrogens (primary N) is 1. The molecular weight excluding hydrogens is 292 g/mol. The molecular formula is C13H14N4O3S. The second kappa shape index (κ2) is 5.98. The second-order valence-electron chi connectivity index (χ2n) is 4.27. The molecule has 1 amide bonds. The lowest BCUT2D eigenvalue weighted by atomic mass is 10.2. The molecule has 0 atom stereocenters. The molecule has 3 N–H and O–H groups in total. The number of aromatic nitrogens is 2. The van der Waals surface area contributed by atoms with Gasteiger partial charge in [-0.2, -0.15) is 0 Å². The largest absolute Gasteiger partial charge is 0.321 e. The highest BCUT2D eigenvalue weighted by molar-refractivity contribution is 7.89. The molecule has 2 aromatic rings. The van der Waals surface area contributed by atoms with Crippen LogP contribution in [-0.4, -0.2) is 24.3 Å². The van der Waals surface area contributed by atoms with Crippen LogP contribution in [0.2, 0.25) is 0 Å². The minimum Gasteiger partial charge on any atom is -0.321 e. The fraction of sp³-hybridized carbons (Fsp3) is 0.154. The normalized spacial score (nSPS) is 11.1. The quantitative estimate of drug-likeness (QED) is 0.872. The number of hydrogen-bond acceptors (Lipinski definition) is 5. The van der Waals surface area contributed by atoms with E-state index in [1.165, 1.54) is 30.6 Å². The molecule has 0 radical (unpaired) electrons. The predicted molar refractivity (Wildman–Crippen MR) is 77.2 cm³/mol. The Labute approximate surface area is 122 Å². The van der Waals surface area contributed by atoms with Crippen LogP contribution in [0.1, 0.15) is 23.1 Å². The van der Waals surface area contributed by atoms with Gasteiger partial charge in [0.05, 0.1) is 4.90 Å². The number of amides is 1. The van der Waals surface area contributed by atoms with Crippen LogP contribution >= 0.6 is 0 Å². The molecule has 0 bridgehead atoms. The summed E-state index contributed by atoms with van der Waals surface area (Å²) in [7, 11) is -3.74. The van der Waals surface area contributed by atoms with Crippen molar-refractivity contribution in [2.75, 3.05) is 5.32 Å². The molecule has 0 fully saturated rings. The van der Waals surface area contributed by atoms with Gasteiger partial charge in [-0.1, -0.05) is 6.92 Å². The average Bonchev–Trinajstić information content (AvgIpc) is 2.47. The van der Waals surface area contributed by atoms with Gasteiger partial charge in [-0.15, -0.1) is 0 Å². The molecule has 0 saturated heterocycles. The van der Waals surface area contributed by atoms with E-state index in [0.717, 1.165) is 5.69 Å². The maximum absolute atomic E-state index is 12.0. The predicted octanol–water partition coefficient (Wildman–Crippen LogP) is 0.939. The lowest BCUT2D eigenvalue weighted by Gasteiger charge is -2.06. The number of rotatable bonds is 4. The second-order valence-corrected chi connectivity index (χ2v) is 5.83. The first-order valence-electron chi connectivity index (χ1n) is 6.15. The lowest BCUT2D eigenvalue weighted by molar-refractivity contribution is 0.102. The van der Waals surface area contributed by atoms with E-state index in [-0.39, 0.29) is 10.6 Å². The Morgan fingerprint density at radius 1 is 1.24 bits per heavy atom. The zero-order valence-corrected chi connectivity index (χ0v) is 12.1. The number of sulfonamides is 1. The number of carbonyl (C=O) groups excluding carboxylic acids is 1. The van der Waals surface area contributed by atoms with Crippen molar-refractivity contribution in [2.24, 2.45) is 5.14 Å². The molecule has 7 nitrogen and oxygen atoms in total. The minimum atomic E-state index is -3.74. The van der Waals surface area contributed by atoms with E-state index >= 15 is 0 Å². The van der Waals surface area contributed by atoms with Gasteiger partial charge in [0.1, 0.15) is 12.0 Å². The summed E-state index contributed by atoms with van der Waals surface area (Å²) in [6, 6.07) is 7.16. The van der Waals surface area contributed by atoms with Crippen LogP contribution in [0.15, 0.2) is 41.6 Å². The van der Waals surface area contributed by atoms with Crippen LogP contribution in [0.4, 0.5) is 5.69 Å². The Kier molecular flexibility index (Phi) is 4.29. The first-order valence-corrected chi connectivity index (χ1v) is 7.70. The highest BCUT2D eigenvalue weighted by Crippen LogP contribution is 2.13. The fourth-order valence-corrected chi connectivity index (χ4v) is 2.15. The SMILES string of the molecule is CCc1cc(C(=O)Nc2ccc(S(N)(=O)=O)cc2)ncn1. The Morgan fingerprint density at radius 3 is 2.48 bits per heavy atom. The van der Waals surface area contributed by atoms with E-state index in [2.05, 4.69) is 15.3 Å². The lowest BCUT2D eigenvalue weighted by Crippen LogP contribution is -2.15. The molecule has 0 aliphatic rings. The smallest absolute Gasteiger partial charge is 0.274 e. The molecule has 0 saturated carbocycles. The van der Waals surface area contributed by atoms with Crippen molar-refractivity contribution in [3.63, 3.8) is 0 Å². The maximum atomic E-state index is 12.0. The van der Waals surface area contributed by atoms with Gasteiger partial charge in [-0.25, -0.2) is 23.5 Å². The van der Waals surface area contributed by atoms with E-state index in [9.17, 15) is 13.2 Å². The number of nitrogens with zero attached hydrogens (tertiary/aromatic N) is 2. The third kappa shape index (κ3) is 3.83. The molecule has 0 aliphatic carbocycles. The molecule has 1 heterocycles. The van der Waals surface area contributed by atoms with E-state index in [1.54, 1.807) is 6.07 Å². The van der Waals surface area contributed by atoms with Crippen molar-refractivity contribution in [3.8, 4) is 0 Å². The van der Waals surface area contributed by atoms with Gasteiger partial charge in [0.25, 0.3) is 5.91 Å². The molecule has 21 heavy (non-hydrogen) atoms. The van der Waals surface area contributed by atoms with E-state index in [0.29, 0.717) is 12.1 Å². The van der Waals surface area contributed by atoms with Gasteiger partial charge >= 0.3 is 0 Å². The van der Waals surface area contributed by atoms with Gasteiger partial charge in [0.15, 0.2) is 0 Å². The first kappa shape index (κ1) is 15.1. The Hall–Kier alpha value is -2.32. The van der Waals surface area contributed by atoms with Crippen LogP contribution in [0.25, 0.3) is 0 Å². The summed E-state index contributed by atoms with van der Waals surface area (Å²) in [6.07, 6.45) is 2.03. The molecule has 0 unspecified atom stereocenters. The van der Waals surface area contributed by atoms with Crippen molar-refractivity contribution >= 4 is 21.6 Å². The highest BCUT2D eigenvalue weighted by atomic mass is 32.2. The van der Waals surface area contributed by atoms with Gasteiger partial charge in [0.2, 0.25) is 10.0 Å². The van der Waals surface area contributed by atoms with Crippen molar-refractivity contribution in [2.45, 2.75) is 18.2 Å². The molecule has 110 valence electrons. The summed E-state index contributed by atoms with van der Waals surface area (Å²) in [6.45, 7) is 1.93. The third-order valence-corrected chi connectivity index (χ3v) is 3.69. The van der Waals surface area contributed by atoms with Crippen molar-refractivity contribution in [3.05, 3.63) is 48.0 Å². The number of anilines is 1. The minimum absolute atomic E-state index is 0.0178. The zero-order valence-electron chi connectivity index (χ0n) is 11.3. The summed E-state index contributed by atoms with van der Waals surface area (Å²) >= 11 is 0. The number of aryl methyl sites for hydroxylation is 1. The Morgan fingerprint density at radius 2 is 1.90 bits per heavy atom. The van der Waals surface area contributed by atoms with Crippen molar-refractivity contribution in [1.82, 2.24) is 9.97 Å². The summed E-state index contributed by atoms with van der Waals surface area (Å²) in [5.74, 6) is -0.393. The van der Waals surface area contributed by atoms with Crippen LogP contribution < -0.4 is 10.5 Å². The van der Waals surface area contributed by atoms with Crippen LogP contribution in [0.3, 0.4) is 0 Å². The number of carbonyl (C=O) groups is 1. The summed E-state index contributed by atoms with van der Waals surface area (Å²) in [4.78, 5) is 19.9. The third-order valence-electron chi connectivity index (χ3n) is 2.76. The fourth-order valence-electron chi connectivity index (χ4n) is 1.64. The molecule has 1 aromatic carbocycles. The number of primary sulfonamides is 1. The van der Waals surface area contributed by atoms with Gasteiger partial charge in [0, 0.05) is 11.4 Å². The van der Waals surface area contributed by atoms with Crippen molar-refractivity contribution in [1.29, 1.82) is 0 Å². The van der Waals surface area contributed by atoms with Gasteiger partial charge in [-0.05, 0) is 36.8 Å². The molecule has 2 rings (SSSR count). The van der Waals surface area contributed by atoms with E-state index < -0.39 is 15.9 Å². The number of benzene rings is 1. The van der Waals surface area contributed by atoms with Crippen molar-refractivity contribution < 1.29 is 13.2 Å². The zero-order chi connectivity index (χ0) is 15.5. The first-order chi connectivity index (χ1) is 9.90. The van der Waals surface area contributed by atoms with Crippen LogP contribution in [0, 0.1) is 0 Å². The monoisotopic (exact) mass is 306 g/mol. The van der Waals surface area contributed by atoms with Gasteiger partial charge < -0.3 is 5.32 Å². The standard InChI is InChI=1S/C13H14N4O3S/c1-2-9-7-12(16-8-15-9)13(18)17-10-3-5-11(6-4-10)21(14,19)20/h3-8H,2H2,1H3,(H,17,18)(H2,14,19,20). The summed E-state index contributed by atoms with van der Waals surface area (Å²) in [5.41, 5.74) is 1.46. The summed E-state index contributed by atoms with van der Waals surface area (Å²) < 4.78 is 22.3. The van der Waals surface area contributed by atoms with E-state index in [4.69, 9.17) is 5.14 Å². The summed E-state index contributed by atoms with van der Waals surface area (Å²) in [5, 5.41) is 7.62. The number of hydrogen-bond donors (Lipinski definition) is 2. The Balaban J connectivity index is 2.16. The molecule has 8 heteroatoms. The topological polar surface area (TPSA) is 115 Å². The Bertz CT molecular complexity index is 757. The molecule has 0 aliphatic heterocycles. The van der Waals surface area contributed by atoms with Gasteiger partial charge in [-0.3, -0.25) is 4.79 Å². The number of nitrogens with one attached hydrogen (secondary N) is 1. The van der Waals surface area contributed by atoms with Crippen LogP contribution in [0.5, 0.6) is 0 Å². The molecule has 0 spiro atoms. The highest BCUT2D eigenvalue weighted by Gasteiger charge is 2.10. The molecule has 1 aromatic heterocycles. The maximum Gasteiger partial charge on any atom is 0.274 e. The van der Waals surface area contributed by atoms with E-state index in [1.807, 2.05) is 6.92 Å². The van der Waals surface area contributed by atoms with Crippen LogP contribution in [-0.2, 0) is 16.4 Å². The average molecular weight is 306 g/mol.